The van der Waals surface area contributed by atoms with E-state index in [0.717, 1.165) is 32.5 Å². The largest absolute Gasteiger partial charge is 0.333 e. The first-order chi connectivity index (χ1) is 10.3. The molecule has 1 atom stereocenters. The van der Waals surface area contributed by atoms with E-state index in [0.29, 0.717) is 6.54 Å². The second-order valence-electron chi connectivity index (χ2n) is 5.66. The van der Waals surface area contributed by atoms with Crippen LogP contribution < -0.4 is 5.73 Å². The summed E-state index contributed by atoms with van der Waals surface area (Å²) in [7, 11) is 0. The number of hydrogen-bond donors (Lipinski definition) is 1. The molecule has 2 aromatic rings. The molecule has 0 fully saturated rings. The summed E-state index contributed by atoms with van der Waals surface area (Å²) in [5.74, 6) is 0. The number of rotatable bonds is 4. The van der Waals surface area contributed by atoms with E-state index in [4.69, 9.17) is 5.73 Å². The molecule has 0 aliphatic carbocycles. The molecule has 0 saturated heterocycles. The van der Waals surface area contributed by atoms with E-state index in [1.54, 1.807) is 0 Å². The average molecular weight is 284 g/mol. The van der Waals surface area contributed by atoms with Crippen LogP contribution in [0.1, 0.15) is 29.8 Å². The highest BCUT2D eigenvalue weighted by atomic mass is 15.2. The summed E-state index contributed by atoms with van der Waals surface area (Å²) in [5.41, 5.74) is 10.3. The molecule has 112 valence electrons. The van der Waals surface area contributed by atoms with Gasteiger partial charge < -0.3 is 10.3 Å². The lowest BCUT2D eigenvalue weighted by Gasteiger charge is -2.30. The molecule has 0 saturated carbocycles. The predicted octanol–water partition coefficient (Wildman–Crippen LogP) is 2.00. The van der Waals surface area contributed by atoms with Crippen LogP contribution >= 0.6 is 0 Å². The third-order valence-electron chi connectivity index (χ3n) is 4.55. The van der Waals surface area contributed by atoms with Gasteiger partial charge in [0.1, 0.15) is 0 Å². The molecule has 4 nitrogen and oxygen atoms in total. The number of aromatic nitrogens is 2. The standard InChI is InChI=1S/C17H24N4/c1-2-20-13-19-12-17(20)16(11-18)21-9-7-14-5-3-4-6-15(14)8-10-21/h3-6,12-13,16H,2,7-11,18H2,1H3. The van der Waals surface area contributed by atoms with Crippen molar-refractivity contribution in [3.63, 3.8) is 0 Å². The van der Waals surface area contributed by atoms with Gasteiger partial charge in [-0.05, 0) is 30.9 Å². The highest BCUT2D eigenvalue weighted by Gasteiger charge is 2.24. The zero-order chi connectivity index (χ0) is 14.7. The van der Waals surface area contributed by atoms with E-state index in [1.807, 2.05) is 12.5 Å². The van der Waals surface area contributed by atoms with Crippen molar-refractivity contribution < 1.29 is 0 Å². The van der Waals surface area contributed by atoms with E-state index < -0.39 is 0 Å². The van der Waals surface area contributed by atoms with Gasteiger partial charge in [-0.1, -0.05) is 24.3 Å². The van der Waals surface area contributed by atoms with Crippen LogP contribution in [0.3, 0.4) is 0 Å². The third-order valence-corrected chi connectivity index (χ3v) is 4.55. The van der Waals surface area contributed by atoms with Crippen molar-refractivity contribution >= 4 is 0 Å². The number of fused-ring (bicyclic) bond motifs is 1. The van der Waals surface area contributed by atoms with Crippen molar-refractivity contribution in [1.82, 2.24) is 14.5 Å². The van der Waals surface area contributed by atoms with Crippen LogP contribution in [0, 0.1) is 0 Å². The molecular weight excluding hydrogens is 260 g/mol. The smallest absolute Gasteiger partial charge is 0.0948 e. The summed E-state index contributed by atoms with van der Waals surface area (Å²) in [6, 6.07) is 9.06. The SMILES string of the molecule is CCn1cncc1C(CN)N1CCc2ccccc2CC1. The number of hydrogen-bond acceptors (Lipinski definition) is 3. The van der Waals surface area contributed by atoms with E-state index in [2.05, 4.69) is 45.6 Å². The highest BCUT2D eigenvalue weighted by Crippen LogP contribution is 2.24. The lowest BCUT2D eigenvalue weighted by molar-refractivity contribution is 0.203. The minimum absolute atomic E-state index is 0.266. The maximum atomic E-state index is 6.09. The first-order valence-electron chi connectivity index (χ1n) is 7.84. The highest BCUT2D eigenvalue weighted by molar-refractivity contribution is 5.28. The number of nitrogens with zero attached hydrogens (tertiary/aromatic N) is 3. The molecule has 1 aliphatic heterocycles. The number of imidazole rings is 1. The molecular formula is C17H24N4. The molecule has 0 bridgehead atoms. The Hall–Kier alpha value is -1.65. The Bertz CT molecular complexity index is 563. The molecule has 1 aromatic heterocycles. The van der Waals surface area contributed by atoms with Gasteiger partial charge in [0.05, 0.1) is 18.1 Å². The molecule has 0 spiro atoms. The lowest BCUT2D eigenvalue weighted by Crippen LogP contribution is -2.36. The van der Waals surface area contributed by atoms with Crippen molar-refractivity contribution in [2.45, 2.75) is 32.4 Å². The molecule has 4 heteroatoms. The fourth-order valence-electron chi connectivity index (χ4n) is 3.33. The second kappa shape index (κ2) is 6.41. The monoisotopic (exact) mass is 284 g/mol. The van der Waals surface area contributed by atoms with Crippen LogP contribution in [0.2, 0.25) is 0 Å². The summed E-state index contributed by atoms with van der Waals surface area (Å²) in [6.45, 7) is 5.86. The normalized spacial score (nSPS) is 17.2. The van der Waals surface area contributed by atoms with Gasteiger partial charge in [0, 0.05) is 32.4 Å². The molecule has 1 unspecified atom stereocenters. The second-order valence-corrected chi connectivity index (χ2v) is 5.66. The summed E-state index contributed by atoms with van der Waals surface area (Å²) in [5, 5.41) is 0. The summed E-state index contributed by atoms with van der Waals surface area (Å²) in [4.78, 5) is 6.82. The van der Waals surface area contributed by atoms with Crippen LogP contribution in [0.5, 0.6) is 0 Å². The van der Waals surface area contributed by atoms with Gasteiger partial charge in [0.15, 0.2) is 0 Å². The van der Waals surface area contributed by atoms with E-state index in [1.165, 1.54) is 16.8 Å². The van der Waals surface area contributed by atoms with Gasteiger partial charge in [0.25, 0.3) is 0 Å². The minimum Gasteiger partial charge on any atom is -0.333 e. The maximum Gasteiger partial charge on any atom is 0.0948 e. The van der Waals surface area contributed by atoms with Crippen molar-refractivity contribution in [3.8, 4) is 0 Å². The van der Waals surface area contributed by atoms with Crippen molar-refractivity contribution in [2.75, 3.05) is 19.6 Å². The van der Waals surface area contributed by atoms with Gasteiger partial charge in [-0.15, -0.1) is 0 Å². The number of nitrogens with two attached hydrogens (primary N) is 1. The van der Waals surface area contributed by atoms with Crippen LogP contribution in [0.15, 0.2) is 36.8 Å². The number of aryl methyl sites for hydroxylation is 1. The van der Waals surface area contributed by atoms with Gasteiger partial charge in [-0.25, -0.2) is 4.98 Å². The zero-order valence-corrected chi connectivity index (χ0v) is 12.7. The third kappa shape index (κ3) is 2.87. The maximum absolute atomic E-state index is 6.09. The molecule has 2 N–H and O–H groups in total. The van der Waals surface area contributed by atoms with Crippen LogP contribution in [0.4, 0.5) is 0 Å². The molecule has 21 heavy (non-hydrogen) atoms. The summed E-state index contributed by atoms with van der Waals surface area (Å²) >= 11 is 0. The quantitative estimate of drug-likeness (QED) is 0.934. The van der Waals surface area contributed by atoms with Gasteiger partial charge in [-0.2, -0.15) is 0 Å². The summed E-state index contributed by atoms with van der Waals surface area (Å²) < 4.78 is 2.20. The molecule has 3 rings (SSSR count). The summed E-state index contributed by atoms with van der Waals surface area (Å²) in [6.07, 6.45) is 6.09. The lowest BCUT2D eigenvalue weighted by atomic mass is 10.0. The molecule has 1 aromatic carbocycles. The van der Waals surface area contributed by atoms with Gasteiger partial charge >= 0.3 is 0 Å². The van der Waals surface area contributed by atoms with Crippen molar-refractivity contribution in [2.24, 2.45) is 5.73 Å². The van der Waals surface area contributed by atoms with Crippen LogP contribution in [-0.4, -0.2) is 34.1 Å². The molecule has 2 heterocycles. The van der Waals surface area contributed by atoms with Crippen molar-refractivity contribution in [1.29, 1.82) is 0 Å². The van der Waals surface area contributed by atoms with Crippen LogP contribution in [-0.2, 0) is 19.4 Å². The van der Waals surface area contributed by atoms with E-state index in [9.17, 15) is 0 Å². The first-order valence-corrected chi connectivity index (χ1v) is 7.84. The predicted molar refractivity (Wildman–Crippen MR) is 85.1 cm³/mol. The fraction of sp³-hybridized carbons (Fsp3) is 0.471. The van der Waals surface area contributed by atoms with E-state index in [-0.39, 0.29) is 6.04 Å². The fourth-order valence-corrected chi connectivity index (χ4v) is 3.33. The Labute approximate surface area is 126 Å². The zero-order valence-electron chi connectivity index (χ0n) is 12.7. The molecule has 1 aliphatic rings. The van der Waals surface area contributed by atoms with E-state index >= 15 is 0 Å². The Morgan fingerprint density at radius 2 is 1.86 bits per heavy atom. The Kier molecular flexibility index (Phi) is 4.36. The van der Waals surface area contributed by atoms with Crippen LogP contribution in [0.25, 0.3) is 0 Å². The van der Waals surface area contributed by atoms with Crippen molar-refractivity contribution in [3.05, 3.63) is 53.6 Å². The molecule has 0 amide bonds. The Morgan fingerprint density at radius 1 is 1.19 bits per heavy atom. The minimum atomic E-state index is 0.266. The van der Waals surface area contributed by atoms with Gasteiger partial charge in [-0.3, -0.25) is 4.90 Å². The average Bonchev–Trinajstić information content (AvgIpc) is 2.89. The Balaban J connectivity index is 1.80. The first kappa shape index (κ1) is 14.3. The topological polar surface area (TPSA) is 47.1 Å². The Morgan fingerprint density at radius 3 is 2.43 bits per heavy atom. The number of benzene rings is 1. The molecule has 0 radical (unpaired) electrons. The van der Waals surface area contributed by atoms with Gasteiger partial charge in [0.2, 0.25) is 0 Å².